The molecule has 0 aliphatic heterocycles. The molecular weight excluding hydrogens is 264 g/mol. The summed E-state index contributed by atoms with van der Waals surface area (Å²) in [7, 11) is 0. The molecule has 1 aliphatic carbocycles. The van der Waals surface area contributed by atoms with E-state index < -0.39 is 11.6 Å². The van der Waals surface area contributed by atoms with Crippen molar-refractivity contribution in [1.82, 2.24) is 20.1 Å². The number of benzene rings is 1. The molecule has 0 unspecified atom stereocenters. The third-order valence-corrected chi connectivity index (χ3v) is 3.07. The van der Waals surface area contributed by atoms with Gasteiger partial charge in [-0.05, 0) is 30.5 Å². The number of nitrogens with one attached hydrogen (secondary N) is 1. The highest BCUT2D eigenvalue weighted by Crippen LogP contribution is 2.22. The van der Waals surface area contributed by atoms with Crippen LogP contribution in [-0.2, 0) is 6.54 Å². The fourth-order valence-electron chi connectivity index (χ4n) is 1.91. The van der Waals surface area contributed by atoms with Gasteiger partial charge in [-0.3, -0.25) is 0 Å². The van der Waals surface area contributed by atoms with Crippen molar-refractivity contribution in [3.63, 3.8) is 0 Å². The maximum atomic E-state index is 14.0. The minimum atomic E-state index is -0.730. The van der Waals surface area contributed by atoms with Gasteiger partial charge in [-0.15, -0.1) is 5.10 Å². The zero-order valence-corrected chi connectivity index (χ0v) is 10.5. The van der Waals surface area contributed by atoms with Gasteiger partial charge in [0, 0.05) is 12.6 Å². The number of nitriles is 1. The molecule has 7 heteroatoms. The summed E-state index contributed by atoms with van der Waals surface area (Å²) in [5, 5.41) is 15.5. The number of hydrogen-bond acceptors (Lipinski definition) is 4. The number of halogens is 2. The first-order chi connectivity index (χ1) is 9.67. The lowest BCUT2D eigenvalue weighted by atomic mass is 10.2. The van der Waals surface area contributed by atoms with E-state index in [0.717, 1.165) is 23.9 Å². The Bertz CT molecular complexity index is 661. The Kier molecular flexibility index (Phi) is 3.16. The second-order valence-electron chi connectivity index (χ2n) is 4.69. The van der Waals surface area contributed by atoms with Crippen LogP contribution in [0.3, 0.4) is 0 Å². The van der Waals surface area contributed by atoms with E-state index in [0.29, 0.717) is 18.2 Å². The summed E-state index contributed by atoms with van der Waals surface area (Å²) in [6.07, 6.45) is 3.33. The molecule has 1 heterocycles. The minimum absolute atomic E-state index is 0.136. The number of hydrogen-bond donors (Lipinski definition) is 1. The Hall–Kier alpha value is -2.33. The first kappa shape index (κ1) is 12.7. The lowest BCUT2D eigenvalue weighted by Crippen LogP contribution is -2.16. The standard InChI is InChI=1S/C13H11F2N5/c14-10-3-8(6-17-9-1-2-9)4-11(15)13(10)20-7-18-12(5-16)19-20/h3-4,7,9,17H,1-2,6H2. The molecule has 0 saturated heterocycles. The van der Waals surface area contributed by atoms with Gasteiger partial charge in [-0.2, -0.15) is 5.26 Å². The first-order valence-electron chi connectivity index (χ1n) is 6.21. The van der Waals surface area contributed by atoms with E-state index in [9.17, 15) is 8.78 Å². The summed E-state index contributed by atoms with van der Waals surface area (Å²) in [4.78, 5) is 3.63. The van der Waals surface area contributed by atoms with Crippen LogP contribution >= 0.6 is 0 Å². The normalized spacial score (nSPS) is 14.2. The van der Waals surface area contributed by atoms with Gasteiger partial charge in [-0.25, -0.2) is 18.4 Å². The SMILES string of the molecule is N#Cc1ncn(-c2c(F)cc(CNC3CC3)cc2F)n1. The molecule has 0 bridgehead atoms. The second kappa shape index (κ2) is 4.98. The summed E-state index contributed by atoms with van der Waals surface area (Å²) in [6.45, 7) is 0.430. The molecule has 0 atom stereocenters. The molecule has 0 spiro atoms. The van der Waals surface area contributed by atoms with Gasteiger partial charge in [0.2, 0.25) is 0 Å². The van der Waals surface area contributed by atoms with E-state index in [2.05, 4.69) is 15.4 Å². The molecule has 1 aromatic carbocycles. The zero-order chi connectivity index (χ0) is 14.1. The van der Waals surface area contributed by atoms with E-state index in [-0.39, 0.29) is 11.5 Å². The van der Waals surface area contributed by atoms with Gasteiger partial charge in [0.15, 0.2) is 11.6 Å². The van der Waals surface area contributed by atoms with Crippen molar-refractivity contribution in [3.8, 4) is 11.8 Å². The molecule has 1 N–H and O–H groups in total. The zero-order valence-electron chi connectivity index (χ0n) is 10.5. The Labute approximate surface area is 113 Å². The monoisotopic (exact) mass is 275 g/mol. The smallest absolute Gasteiger partial charge is 0.252 e. The third kappa shape index (κ3) is 2.51. The van der Waals surface area contributed by atoms with E-state index in [1.54, 1.807) is 6.07 Å². The van der Waals surface area contributed by atoms with Crippen molar-refractivity contribution in [2.75, 3.05) is 0 Å². The van der Waals surface area contributed by atoms with Gasteiger partial charge in [-0.1, -0.05) is 0 Å². The van der Waals surface area contributed by atoms with Crippen LogP contribution in [-0.4, -0.2) is 20.8 Å². The summed E-state index contributed by atoms with van der Waals surface area (Å²) >= 11 is 0. The van der Waals surface area contributed by atoms with Crippen LogP contribution in [0.5, 0.6) is 0 Å². The van der Waals surface area contributed by atoms with Crippen LogP contribution in [0, 0.1) is 23.0 Å². The Morgan fingerprint density at radius 1 is 1.35 bits per heavy atom. The molecule has 0 amide bonds. The van der Waals surface area contributed by atoms with Crippen molar-refractivity contribution in [3.05, 3.63) is 41.5 Å². The molecule has 2 aromatic rings. The Balaban J connectivity index is 1.89. The molecule has 1 aliphatic rings. The fraction of sp³-hybridized carbons (Fsp3) is 0.308. The van der Waals surface area contributed by atoms with Gasteiger partial charge in [0.05, 0.1) is 0 Å². The molecule has 1 saturated carbocycles. The maximum Gasteiger partial charge on any atom is 0.252 e. The molecule has 5 nitrogen and oxygen atoms in total. The van der Waals surface area contributed by atoms with Crippen LogP contribution in [0.25, 0.3) is 5.69 Å². The van der Waals surface area contributed by atoms with Crippen molar-refractivity contribution < 1.29 is 8.78 Å². The second-order valence-corrected chi connectivity index (χ2v) is 4.69. The molecule has 102 valence electrons. The van der Waals surface area contributed by atoms with E-state index in [4.69, 9.17) is 5.26 Å². The van der Waals surface area contributed by atoms with Gasteiger partial charge < -0.3 is 5.32 Å². The Morgan fingerprint density at radius 2 is 2.05 bits per heavy atom. The highest BCUT2D eigenvalue weighted by atomic mass is 19.1. The largest absolute Gasteiger partial charge is 0.310 e. The average Bonchev–Trinajstić information content (AvgIpc) is 3.13. The highest BCUT2D eigenvalue weighted by molar-refractivity contribution is 5.37. The topological polar surface area (TPSA) is 66.5 Å². The molecule has 20 heavy (non-hydrogen) atoms. The lowest BCUT2D eigenvalue weighted by molar-refractivity contribution is 0.553. The van der Waals surface area contributed by atoms with Crippen LogP contribution in [0.1, 0.15) is 24.2 Å². The summed E-state index contributed by atoms with van der Waals surface area (Å²) in [5.74, 6) is -1.60. The van der Waals surface area contributed by atoms with Gasteiger partial charge in [0.25, 0.3) is 5.82 Å². The number of rotatable bonds is 4. The highest BCUT2D eigenvalue weighted by Gasteiger charge is 2.21. The molecule has 3 rings (SSSR count). The molecule has 1 fully saturated rings. The Morgan fingerprint density at radius 3 is 2.60 bits per heavy atom. The minimum Gasteiger partial charge on any atom is -0.310 e. The summed E-state index contributed by atoms with van der Waals surface area (Å²) in [5.41, 5.74) is 0.213. The van der Waals surface area contributed by atoms with Crippen LogP contribution < -0.4 is 5.32 Å². The maximum absolute atomic E-state index is 14.0. The van der Waals surface area contributed by atoms with Crippen molar-refractivity contribution in [2.45, 2.75) is 25.4 Å². The summed E-state index contributed by atoms with van der Waals surface area (Å²) < 4.78 is 29.0. The lowest BCUT2D eigenvalue weighted by Gasteiger charge is -2.08. The van der Waals surface area contributed by atoms with Gasteiger partial charge in [0.1, 0.15) is 18.1 Å². The average molecular weight is 275 g/mol. The van der Waals surface area contributed by atoms with E-state index in [1.807, 2.05) is 0 Å². The quantitative estimate of drug-likeness (QED) is 0.921. The predicted molar refractivity (Wildman–Crippen MR) is 65.9 cm³/mol. The molecular formula is C13H11F2N5. The van der Waals surface area contributed by atoms with Crippen LogP contribution in [0.15, 0.2) is 18.5 Å². The van der Waals surface area contributed by atoms with Crippen molar-refractivity contribution >= 4 is 0 Å². The van der Waals surface area contributed by atoms with Crippen LogP contribution in [0.2, 0.25) is 0 Å². The first-order valence-corrected chi connectivity index (χ1v) is 6.21. The van der Waals surface area contributed by atoms with E-state index >= 15 is 0 Å². The van der Waals surface area contributed by atoms with Crippen molar-refractivity contribution in [1.29, 1.82) is 5.26 Å². The van der Waals surface area contributed by atoms with E-state index in [1.165, 1.54) is 12.1 Å². The number of nitrogens with zero attached hydrogens (tertiary/aromatic N) is 4. The number of aromatic nitrogens is 3. The van der Waals surface area contributed by atoms with Gasteiger partial charge >= 0.3 is 0 Å². The third-order valence-electron chi connectivity index (χ3n) is 3.07. The molecule has 0 radical (unpaired) electrons. The molecule has 1 aromatic heterocycles. The van der Waals surface area contributed by atoms with Crippen LogP contribution in [0.4, 0.5) is 8.78 Å². The predicted octanol–water partition coefficient (Wildman–Crippen LogP) is 1.67. The van der Waals surface area contributed by atoms with Crippen molar-refractivity contribution in [2.24, 2.45) is 0 Å². The summed E-state index contributed by atoms with van der Waals surface area (Å²) in [6, 6.07) is 4.71. The fourth-order valence-corrected chi connectivity index (χ4v) is 1.91.